The number of halogens is 2. The lowest BCUT2D eigenvalue weighted by Crippen LogP contribution is -2.23. The van der Waals surface area contributed by atoms with E-state index in [-0.39, 0.29) is 5.56 Å². The molecule has 0 N–H and O–H groups in total. The van der Waals surface area contributed by atoms with Gasteiger partial charge in [-0.15, -0.1) is 22.7 Å². The first kappa shape index (κ1) is 27.1. The first-order valence-corrected chi connectivity index (χ1v) is 16.7. The zero-order valence-corrected chi connectivity index (χ0v) is 26.8. The minimum atomic E-state index is -0.118. The van der Waals surface area contributed by atoms with Gasteiger partial charge in [0.25, 0.3) is 5.56 Å². The third-order valence-electron chi connectivity index (χ3n) is 7.34. The summed E-state index contributed by atoms with van der Waals surface area (Å²) in [7, 11) is 1.59. The molecule has 0 fully saturated rings. The van der Waals surface area contributed by atoms with Crippen molar-refractivity contribution in [3.05, 3.63) is 84.5 Å². The van der Waals surface area contributed by atoms with Crippen LogP contribution in [-0.2, 0) is 12.8 Å². The summed E-state index contributed by atoms with van der Waals surface area (Å²) in [4.78, 5) is 31.7. The van der Waals surface area contributed by atoms with Crippen molar-refractivity contribution in [1.29, 1.82) is 0 Å². The van der Waals surface area contributed by atoms with Crippen LogP contribution in [-0.4, -0.2) is 26.6 Å². The third-order valence-corrected chi connectivity index (χ3v) is 11.1. The van der Waals surface area contributed by atoms with Crippen LogP contribution in [0.2, 0.25) is 5.02 Å². The monoisotopic (exact) mass is 680 g/mol. The Hall–Kier alpha value is -2.76. The first-order valence-electron chi connectivity index (χ1n) is 13.0. The van der Waals surface area contributed by atoms with E-state index in [0.29, 0.717) is 32.9 Å². The maximum absolute atomic E-state index is 14.5. The number of nitrogens with zero attached hydrogens (tertiary/aromatic N) is 4. The van der Waals surface area contributed by atoms with Gasteiger partial charge in [0, 0.05) is 25.3 Å². The lowest BCUT2D eigenvalue weighted by atomic mass is 9.89. The van der Waals surface area contributed by atoms with Crippen molar-refractivity contribution in [2.24, 2.45) is 5.92 Å². The summed E-state index contributed by atoms with van der Waals surface area (Å²) >= 11 is 14.6. The topological polar surface area (TPSA) is 69.9 Å². The van der Waals surface area contributed by atoms with Crippen molar-refractivity contribution in [2.45, 2.75) is 36.4 Å². The number of hydrogen-bond donors (Lipinski definition) is 0. The van der Waals surface area contributed by atoms with Crippen LogP contribution in [0.4, 0.5) is 0 Å². The van der Waals surface area contributed by atoms with Crippen molar-refractivity contribution >= 4 is 82.4 Å². The second-order valence-corrected chi connectivity index (χ2v) is 14.3. The number of methoxy groups -OCH3 is 1. The Morgan fingerprint density at radius 1 is 1.15 bits per heavy atom. The van der Waals surface area contributed by atoms with Gasteiger partial charge >= 0.3 is 0 Å². The summed E-state index contributed by atoms with van der Waals surface area (Å²) in [5.74, 6) is 1.12. The van der Waals surface area contributed by atoms with Gasteiger partial charge in [0.1, 0.15) is 26.8 Å². The van der Waals surface area contributed by atoms with Crippen LogP contribution in [0.15, 0.2) is 73.6 Å². The predicted octanol–water partition coefficient (Wildman–Crippen LogP) is 8.82. The molecule has 6 aromatic rings. The van der Waals surface area contributed by atoms with Crippen LogP contribution in [0, 0.1) is 5.92 Å². The lowest BCUT2D eigenvalue weighted by Gasteiger charge is -2.18. The van der Waals surface area contributed by atoms with Gasteiger partial charge in [-0.05, 0) is 78.4 Å². The number of benzene rings is 2. The third kappa shape index (κ3) is 4.79. The quantitative estimate of drug-likeness (QED) is 0.134. The zero-order valence-electron chi connectivity index (χ0n) is 22.0. The van der Waals surface area contributed by atoms with Crippen LogP contribution >= 0.6 is 62.0 Å². The Labute approximate surface area is 261 Å². The van der Waals surface area contributed by atoms with Gasteiger partial charge < -0.3 is 4.74 Å². The Bertz CT molecular complexity index is 2040. The van der Waals surface area contributed by atoms with Gasteiger partial charge in [0.2, 0.25) is 0 Å². The number of rotatable bonds is 5. The lowest BCUT2D eigenvalue weighted by molar-refractivity contribution is 0.411. The number of fused-ring (bicyclic) bond motifs is 4. The molecule has 1 aliphatic carbocycles. The molecule has 0 saturated heterocycles. The van der Waals surface area contributed by atoms with Gasteiger partial charge in [-0.1, -0.05) is 46.6 Å². The van der Waals surface area contributed by atoms with Crippen molar-refractivity contribution in [3.63, 3.8) is 0 Å². The highest BCUT2D eigenvalue weighted by molar-refractivity contribution is 9.10. The molecule has 1 aliphatic rings. The van der Waals surface area contributed by atoms with E-state index in [1.807, 2.05) is 12.1 Å². The van der Waals surface area contributed by atoms with Gasteiger partial charge in [-0.3, -0.25) is 9.36 Å². The van der Waals surface area contributed by atoms with Gasteiger partial charge in [-0.2, -0.15) is 0 Å². The fraction of sp³-hybridized carbons (Fsp3) is 0.200. The molecule has 6 nitrogen and oxygen atoms in total. The van der Waals surface area contributed by atoms with Crippen molar-refractivity contribution in [1.82, 2.24) is 19.5 Å². The molecule has 2 aromatic carbocycles. The first-order chi connectivity index (χ1) is 19.9. The Morgan fingerprint density at radius 3 is 2.85 bits per heavy atom. The van der Waals surface area contributed by atoms with E-state index in [0.717, 1.165) is 60.5 Å². The van der Waals surface area contributed by atoms with Crippen LogP contribution in [0.25, 0.3) is 37.2 Å². The van der Waals surface area contributed by atoms with E-state index in [1.165, 1.54) is 16.6 Å². The van der Waals surface area contributed by atoms with Gasteiger partial charge in [0.15, 0.2) is 5.16 Å². The highest BCUT2D eigenvalue weighted by Gasteiger charge is 2.27. The number of aryl methyl sites for hydroxylation is 1. The number of ether oxygens (including phenoxy) is 1. The van der Waals surface area contributed by atoms with Gasteiger partial charge in [-0.25, -0.2) is 15.0 Å². The van der Waals surface area contributed by atoms with E-state index >= 15 is 0 Å². The van der Waals surface area contributed by atoms with Crippen LogP contribution < -0.4 is 10.3 Å². The molecule has 4 heterocycles. The highest BCUT2D eigenvalue weighted by Crippen LogP contribution is 2.43. The van der Waals surface area contributed by atoms with E-state index < -0.39 is 0 Å². The van der Waals surface area contributed by atoms with E-state index in [2.05, 4.69) is 45.4 Å². The largest absolute Gasteiger partial charge is 0.495 e. The molecule has 7 rings (SSSR count). The molecular formula is C30H22BrClN4O2S3. The zero-order chi connectivity index (χ0) is 28.2. The molecular weight excluding hydrogens is 660 g/mol. The second-order valence-electron chi connectivity index (χ2n) is 10.0. The minimum Gasteiger partial charge on any atom is -0.495 e. The van der Waals surface area contributed by atoms with E-state index in [1.54, 1.807) is 58.9 Å². The standard InChI is InChI=1S/C30H22BrClN4O2S3/c1-15-6-8-19-23(10-15)40-28-25(19)29(37)36(21-12-18(32)7-9-22(21)38-2)30(35-28)41-27-24-20(13-39-26(24)33-14-34-27)16-4-3-5-17(31)11-16/h3-5,7,9,11-15H,6,8,10H2,1-2H3. The Balaban J connectivity index is 1.49. The molecule has 0 saturated carbocycles. The van der Waals surface area contributed by atoms with Crippen molar-refractivity contribution in [3.8, 4) is 22.6 Å². The summed E-state index contributed by atoms with van der Waals surface area (Å²) in [5, 5.41) is 5.45. The van der Waals surface area contributed by atoms with Crippen LogP contribution in [0.5, 0.6) is 5.75 Å². The number of hydrogen-bond acceptors (Lipinski definition) is 8. The fourth-order valence-electron chi connectivity index (χ4n) is 5.37. The smallest absolute Gasteiger partial charge is 0.267 e. The molecule has 1 unspecified atom stereocenters. The summed E-state index contributed by atoms with van der Waals surface area (Å²) in [6.07, 6.45) is 4.48. The normalized spacial score (nSPS) is 15.0. The average Bonchev–Trinajstić information content (AvgIpc) is 3.55. The summed E-state index contributed by atoms with van der Waals surface area (Å²) in [6, 6.07) is 13.5. The molecule has 206 valence electrons. The molecule has 0 radical (unpaired) electrons. The van der Waals surface area contributed by atoms with Crippen molar-refractivity contribution in [2.75, 3.05) is 7.11 Å². The fourth-order valence-corrected chi connectivity index (χ4v) is 9.34. The summed E-state index contributed by atoms with van der Waals surface area (Å²) < 4.78 is 8.33. The molecule has 0 spiro atoms. The summed E-state index contributed by atoms with van der Waals surface area (Å²) in [6.45, 7) is 2.27. The Morgan fingerprint density at radius 2 is 2.02 bits per heavy atom. The van der Waals surface area contributed by atoms with Gasteiger partial charge in [0.05, 0.1) is 23.6 Å². The molecule has 0 bridgehead atoms. The molecule has 1 atom stereocenters. The maximum Gasteiger partial charge on any atom is 0.267 e. The second kappa shape index (κ2) is 10.8. The predicted molar refractivity (Wildman–Crippen MR) is 173 cm³/mol. The SMILES string of the molecule is COc1ccc(Cl)cc1-n1c(Sc2ncnc3scc(-c4cccc(Br)c4)c23)nc2sc3c(c2c1=O)CCC(C)C3. The van der Waals surface area contributed by atoms with Crippen LogP contribution in [0.3, 0.4) is 0 Å². The minimum absolute atomic E-state index is 0.118. The molecule has 4 aromatic heterocycles. The number of aromatic nitrogens is 4. The highest BCUT2D eigenvalue weighted by atomic mass is 79.9. The van der Waals surface area contributed by atoms with E-state index in [9.17, 15) is 4.79 Å². The Kier molecular flexibility index (Phi) is 7.15. The van der Waals surface area contributed by atoms with Crippen molar-refractivity contribution < 1.29 is 4.74 Å². The number of thiophene rings is 2. The maximum atomic E-state index is 14.5. The van der Waals surface area contributed by atoms with E-state index in [4.69, 9.17) is 26.3 Å². The molecule has 11 heteroatoms. The van der Waals surface area contributed by atoms with Crippen LogP contribution in [0.1, 0.15) is 23.8 Å². The molecule has 0 amide bonds. The molecule has 41 heavy (non-hydrogen) atoms. The molecule has 0 aliphatic heterocycles. The average molecular weight is 682 g/mol. The summed E-state index contributed by atoms with van der Waals surface area (Å²) in [5.41, 5.74) is 3.65.